The highest BCUT2D eigenvalue weighted by atomic mass is 32.2. The zero-order chi connectivity index (χ0) is 34.2. The van der Waals surface area contributed by atoms with Crippen LogP contribution in [0.15, 0.2) is 71.6 Å². The van der Waals surface area contributed by atoms with Gasteiger partial charge in [0.25, 0.3) is 0 Å². The number of sulfone groups is 1. The summed E-state index contributed by atoms with van der Waals surface area (Å²) in [7, 11) is -3.44. The number of carbonyl (C=O) groups excluding carboxylic acids is 2. The summed E-state index contributed by atoms with van der Waals surface area (Å²) < 4.78 is 101. The van der Waals surface area contributed by atoms with Crippen LogP contribution in [-0.2, 0) is 41.7 Å². The molecule has 0 spiro atoms. The third-order valence-corrected chi connectivity index (χ3v) is 9.07. The third kappa shape index (κ3) is 11.2. The number of nitrogens with one attached hydrogen (secondary N) is 1. The summed E-state index contributed by atoms with van der Waals surface area (Å²) in [6.45, 7) is 0.356. The number of benzene rings is 3. The number of hydrogen-bond acceptors (Lipinski definition) is 7. The van der Waals surface area contributed by atoms with Gasteiger partial charge < -0.3 is 14.8 Å². The monoisotopic (exact) mass is 681 g/mol. The predicted molar refractivity (Wildman–Crippen MR) is 164 cm³/mol. The summed E-state index contributed by atoms with van der Waals surface area (Å²) in [6, 6.07) is 16.1. The highest BCUT2D eigenvalue weighted by molar-refractivity contribution is 7.90. The standard InChI is InChI=1S/C34H36F5NO6S/c1-47(43,44)29-11-8-22(9-12-29)31(23-4-2-6-25(35)16-23)18-27(41)17-24-5-3-7-32(36)30(24)13-10-28-19-40-26(20-45-28)21-46-33(42)14-15-34(37,38)39/h2-9,11-12,16,26,28,31,40H,10,13-15,17-21H2,1H3/t26-,28+,31+/m0/s1. The molecule has 0 amide bonds. The van der Waals surface area contributed by atoms with Crippen molar-refractivity contribution < 1.29 is 49.4 Å². The average molecular weight is 682 g/mol. The first kappa shape index (κ1) is 36.2. The number of Topliss-reactive ketones (excluding diaryl/α,β-unsaturated/α-hetero) is 1. The maximum atomic E-state index is 15.0. The highest BCUT2D eigenvalue weighted by Crippen LogP contribution is 2.31. The summed E-state index contributed by atoms with van der Waals surface area (Å²) >= 11 is 0. The quantitative estimate of drug-likeness (QED) is 0.168. The highest BCUT2D eigenvalue weighted by Gasteiger charge is 2.29. The Kier molecular flexibility index (Phi) is 12.3. The Labute approximate surface area is 270 Å². The van der Waals surface area contributed by atoms with Crippen molar-refractivity contribution in [3.8, 4) is 0 Å². The second-order valence-corrected chi connectivity index (χ2v) is 13.7. The number of ketones is 1. The van der Waals surface area contributed by atoms with Crippen LogP contribution in [0.1, 0.15) is 53.9 Å². The summed E-state index contributed by atoms with van der Waals surface area (Å²) in [5.41, 5.74) is 2.05. The van der Waals surface area contributed by atoms with Crippen molar-refractivity contribution >= 4 is 21.6 Å². The molecule has 1 fully saturated rings. The number of morpholine rings is 1. The molecule has 254 valence electrons. The number of hydrogen-bond donors (Lipinski definition) is 1. The number of alkyl halides is 3. The lowest BCUT2D eigenvalue weighted by molar-refractivity contribution is -0.158. The van der Waals surface area contributed by atoms with Gasteiger partial charge in [0, 0.05) is 31.6 Å². The smallest absolute Gasteiger partial charge is 0.389 e. The fourth-order valence-corrected chi connectivity index (χ4v) is 6.07. The van der Waals surface area contributed by atoms with Gasteiger partial charge in [-0.05, 0) is 65.4 Å². The van der Waals surface area contributed by atoms with Crippen molar-refractivity contribution in [2.24, 2.45) is 0 Å². The van der Waals surface area contributed by atoms with E-state index >= 15 is 4.39 Å². The molecule has 0 bridgehead atoms. The summed E-state index contributed by atoms with van der Waals surface area (Å²) in [4.78, 5) is 25.1. The first-order valence-corrected chi connectivity index (χ1v) is 17.0. The first-order valence-electron chi connectivity index (χ1n) is 15.1. The Bertz CT molecular complexity index is 1640. The van der Waals surface area contributed by atoms with Crippen LogP contribution in [0.4, 0.5) is 22.0 Å². The summed E-state index contributed by atoms with van der Waals surface area (Å²) in [5.74, 6) is -2.68. The van der Waals surface area contributed by atoms with E-state index in [0.717, 1.165) is 6.26 Å². The van der Waals surface area contributed by atoms with E-state index in [1.807, 2.05) is 0 Å². The van der Waals surface area contributed by atoms with E-state index in [0.29, 0.717) is 35.2 Å². The number of halogens is 5. The molecule has 0 unspecified atom stereocenters. The zero-order valence-corrected chi connectivity index (χ0v) is 26.5. The Hall–Kier alpha value is -3.68. The van der Waals surface area contributed by atoms with Crippen LogP contribution < -0.4 is 5.32 Å². The van der Waals surface area contributed by atoms with E-state index < -0.39 is 58.4 Å². The van der Waals surface area contributed by atoms with Gasteiger partial charge in [-0.25, -0.2) is 17.2 Å². The average Bonchev–Trinajstić information content (AvgIpc) is 3.01. The van der Waals surface area contributed by atoms with Gasteiger partial charge in [0.1, 0.15) is 24.0 Å². The summed E-state index contributed by atoms with van der Waals surface area (Å²) in [6.07, 6.45) is -5.11. The van der Waals surface area contributed by atoms with Crippen LogP contribution in [0.25, 0.3) is 0 Å². The van der Waals surface area contributed by atoms with E-state index in [1.165, 1.54) is 42.5 Å². The molecule has 3 aromatic rings. The van der Waals surface area contributed by atoms with E-state index in [2.05, 4.69) is 5.32 Å². The molecule has 0 saturated carbocycles. The van der Waals surface area contributed by atoms with Gasteiger partial charge in [0.15, 0.2) is 9.84 Å². The molecule has 7 nitrogen and oxygen atoms in total. The fourth-order valence-electron chi connectivity index (χ4n) is 5.44. The van der Waals surface area contributed by atoms with Crippen LogP contribution in [0, 0.1) is 11.6 Å². The number of carbonyl (C=O) groups is 2. The zero-order valence-electron chi connectivity index (χ0n) is 25.7. The molecule has 1 saturated heterocycles. The van der Waals surface area contributed by atoms with Crippen molar-refractivity contribution in [2.45, 2.75) is 67.7 Å². The minimum atomic E-state index is -4.44. The van der Waals surface area contributed by atoms with E-state index in [9.17, 15) is 35.6 Å². The predicted octanol–water partition coefficient (Wildman–Crippen LogP) is 5.88. The molecule has 0 radical (unpaired) electrons. The molecule has 1 N–H and O–H groups in total. The lowest BCUT2D eigenvalue weighted by Gasteiger charge is -2.30. The number of rotatable bonds is 14. The van der Waals surface area contributed by atoms with Gasteiger partial charge in [-0.2, -0.15) is 13.2 Å². The Balaban J connectivity index is 1.36. The van der Waals surface area contributed by atoms with E-state index in [1.54, 1.807) is 24.3 Å². The molecule has 47 heavy (non-hydrogen) atoms. The number of esters is 1. The minimum Gasteiger partial charge on any atom is -0.464 e. The Morgan fingerprint density at radius 3 is 2.38 bits per heavy atom. The molecule has 13 heteroatoms. The van der Waals surface area contributed by atoms with E-state index in [-0.39, 0.29) is 49.3 Å². The molecule has 3 aromatic carbocycles. The lowest BCUT2D eigenvalue weighted by atomic mass is 9.85. The topological polar surface area (TPSA) is 98.8 Å². The second kappa shape index (κ2) is 15.9. The second-order valence-electron chi connectivity index (χ2n) is 11.6. The largest absolute Gasteiger partial charge is 0.464 e. The van der Waals surface area contributed by atoms with E-state index in [4.69, 9.17) is 9.47 Å². The minimum absolute atomic E-state index is 0.0323. The third-order valence-electron chi connectivity index (χ3n) is 7.94. The Morgan fingerprint density at radius 2 is 1.74 bits per heavy atom. The van der Waals surface area contributed by atoms with Crippen LogP contribution in [-0.4, -0.2) is 64.5 Å². The van der Waals surface area contributed by atoms with Crippen molar-refractivity contribution in [1.29, 1.82) is 0 Å². The molecule has 1 aliphatic rings. The lowest BCUT2D eigenvalue weighted by Crippen LogP contribution is -2.49. The molecule has 4 rings (SSSR count). The van der Waals surface area contributed by atoms with Crippen LogP contribution >= 0.6 is 0 Å². The van der Waals surface area contributed by atoms with Crippen LogP contribution in [0.3, 0.4) is 0 Å². The van der Waals surface area contributed by atoms with Crippen molar-refractivity contribution in [2.75, 3.05) is 26.0 Å². The molecular formula is C34H36F5NO6S. The van der Waals surface area contributed by atoms with Crippen LogP contribution in [0.5, 0.6) is 0 Å². The normalized spacial score (nSPS) is 17.7. The fraction of sp³-hybridized carbons (Fsp3) is 0.412. The van der Waals surface area contributed by atoms with Crippen molar-refractivity contribution in [3.05, 3.63) is 101 Å². The molecule has 0 aliphatic carbocycles. The molecule has 0 aromatic heterocycles. The maximum absolute atomic E-state index is 15.0. The van der Waals surface area contributed by atoms with Gasteiger partial charge >= 0.3 is 12.1 Å². The molecular weight excluding hydrogens is 645 g/mol. The Morgan fingerprint density at radius 1 is 1.02 bits per heavy atom. The molecule has 1 aliphatic heterocycles. The van der Waals surface area contributed by atoms with Crippen molar-refractivity contribution in [3.63, 3.8) is 0 Å². The molecule has 3 atom stereocenters. The van der Waals surface area contributed by atoms with Gasteiger partial charge in [-0.1, -0.05) is 36.4 Å². The number of ether oxygens (including phenoxy) is 2. The summed E-state index contributed by atoms with van der Waals surface area (Å²) in [5, 5.41) is 3.13. The van der Waals surface area contributed by atoms with Gasteiger partial charge in [0.2, 0.25) is 0 Å². The van der Waals surface area contributed by atoms with Gasteiger partial charge in [0.05, 0.1) is 36.5 Å². The van der Waals surface area contributed by atoms with Crippen molar-refractivity contribution in [1.82, 2.24) is 5.32 Å². The molecule has 1 heterocycles. The SMILES string of the molecule is CS(=O)(=O)c1ccc([C@@H](CC(=O)Cc2cccc(F)c2CC[C@@H]2CN[C@H](COC(=O)CCC(F)(F)F)CO2)c2cccc(F)c2)cc1. The first-order chi connectivity index (χ1) is 22.2. The van der Waals surface area contributed by atoms with Gasteiger partial charge in [-0.3, -0.25) is 9.59 Å². The van der Waals surface area contributed by atoms with Gasteiger partial charge in [-0.15, -0.1) is 0 Å². The van der Waals surface area contributed by atoms with Crippen LogP contribution in [0.2, 0.25) is 0 Å². The maximum Gasteiger partial charge on any atom is 0.389 e.